The van der Waals surface area contributed by atoms with Crippen molar-refractivity contribution in [2.24, 2.45) is 0 Å². The number of halogens is 4. The van der Waals surface area contributed by atoms with Gasteiger partial charge in [-0.2, -0.15) is 9.78 Å². The number of benzene rings is 2. The average molecular weight is 565 g/mol. The van der Waals surface area contributed by atoms with Crippen LogP contribution in [0.3, 0.4) is 0 Å². The Kier molecular flexibility index (Phi) is 7.07. The summed E-state index contributed by atoms with van der Waals surface area (Å²) in [5.41, 5.74) is -3.82. The molecule has 0 bridgehead atoms. The van der Waals surface area contributed by atoms with Crippen molar-refractivity contribution in [3.8, 4) is 22.9 Å². The molecule has 2 aromatic carbocycles. The molecule has 1 saturated carbocycles. The highest BCUT2D eigenvalue weighted by Crippen LogP contribution is 2.39. The SMILES string of the molecule is O=c1[nH]c(=O)n(-c2cc(Cl)c(Oc3ccc(O)c(S(=O)(=O)N[C@H]4C[C@@H](O)C4)c3)c(Cl)c2)nc1C(F)F. The van der Waals surface area contributed by atoms with Crippen molar-refractivity contribution < 1.29 is 32.1 Å². The van der Waals surface area contributed by atoms with Crippen LogP contribution in [0.4, 0.5) is 8.78 Å². The van der Waals surface area contributed by atoms with E-state index in [2.05, 4.69) is 9.82 Å². The Bertz CT molecular complexity index is 1530. The lowest BCUT2D eigenvalue weighted by atomic mass is 9.91. The van der Waals surface area contributed by atoms with Gasteiger partial charge >= 0.3 is 5.69 Å². The normalized spacial score (nSPS) is 17.7. The van der Waals surface area contributed by atoms with Gasteiger partial charge in [-0.15, -0.1) is 0 Å². The Labute approximate surface area is 210 Å². The molecule has 1 heterocycles. The zero-order valence-electron chi connectivity index (χ0n) is 17.8. The van der Waals surface area contributed by atoms with E-state index < -0.39 is 56.2 Å². The van der Waals surface area contributed by atoms with Gasteiger partial charge in [0.2, 0.25) is 10.0 Å². The number of aromatic hydroxyl groups is 1. The van der Waals surface area contributed by atoms with Gasteiger partial charge in [0, 0.05) is 12.1 Å². The van der Waals surface area contributed by atoms with E-state index in [0.717, 1.165) is 24.3 Å². The molecule has 0 spiro atoms. The van der Waals surface area contributed by atoms with E-state index in [1.54, 1.807) is 4.98 Å². The molecule has 36 heavy (non-hydrogen) atoms. The third-order valence-corrected chi connectivity index (χ3v) is 7.27. The van der Waals surface area contributed by atoms with E-state index in [4.69, 9.17) is 27.9 Å². The fraction of sp³-hybridized carbons (Fsp3) is 0.250. The zero-order chi connectivity index (χ0) is 26.4. The van der Waals surface area contributed by atoms with Crippen molar-refractivity contribution >= 4 is 33.2 Å². The highest BCUT2D eigenvalue weighted by atomic mass is 35.5. The lowest BCUT2D eigenvalue weighted by Gasteiger charge is -2.31. The number of H-pyrrole nitrogens is 1. The van der Waals surface area contributed by atoms with Gasteiger partial charge in [-0.1, -0.05) is 23.2 Å². The number of phenolic OH excluding ortho intramolecular Hbond substituents is 1. The number of aliphatic hydroxyl groups excluding tert-OH is 1. The van der Waals surface area contributed by atoms with Crippen molar-refractivity contribution in [3.05, 3.63) is 66.9 Å². The minimum absolute atomic E-state index is 0.0855. The van der Waals surface area contributed by atoms with E-state index in [9.17, 15) is 37.0 Å². The molecule has 1 aliphatic rings. The molecule has 0 saturated heterocycles. The predicted molar refractivity (Wildman–Crippen MR) is 123 cm³/mol. The maximum Gasteiger partial charge on any atom is 0.349 e. The van der Waals surface area contributed by atoms with Crippen LogP contribution in [-0.2, 0) is 10.0 Å². The van der Waals surface area contributed by atoms with E-state index in [1.807, 2.05) is 0 Å². The number of nitrogens with zero attached hydrogens (tertiary/aromatic N) is 2. The van der Waals surface area contributed by atoms with Gasteiger partial charge in [0.05, 0.1) is 21.8 Å². The second-order valence-corrected chi connectivity index (χ2v) is 10.3. The monoisotopic (exact) mass is 564 g/mol. The maximum absolute atomic E-state index is 13.0. The van der Waals surface area contributed by atoms with Crippen LogP contribution in [0.15, 0.2) is 44.8 Å². The molecule has 192 valence electrons. The van der Waals surface area contributed by atoms with Gasteiger partial charge in [-0.25, -0.2) is 26.7 Å². The summed E-state index contributed by atoms with van der Waals surface area (Å²) in [5, 5.41) is 22.4. The Morgan fingerprint density at radius 3 is 2.39 bits per heavy atom. The van der Waals surface area contributed by atoms with E-state index in [1.165, 1.54) is 6.07 Å². The molecule has 0 amide bonds. The average Bonchev–Trinajstić information content (AvgIpc) is 2.75. The Hall–Kier alpha value is -3.04. The Morgan fingerprint density at radius 2 is 1.81 bits per heavy atom. The van der Waals surface area contributed by atoms with Gasteiger partial charge < -0.3 is 14.9 Å². The summed E-state index contributed by atoms with van der Waals surface area (Å²) in [6.45, 7) is 0. The fourth-order valence-corrected chi connectivity index (χ4v) is 5.28. The number of hydrogen-bond donors (Lipinski definition) is 4. The Morgan fingerprint density at radius 1 is 1.17 bits per heavy atom. The molecule has 11 nitrogen and oxygen atoms in total. The highest BCUT2D eigenvalue weighted by Gasteiger charge is 2.32. The van der Waals surface area contributed by atoms with Gasteiger partial charge in [-0.3, -0.25) is 9.78 Å². The van der Waals surface area contributed by atoms with Crippen LogP contribution in [0.5, 0.6) is 17.2 Å². The lowest BCUT2D eigenvalue weighted by molar-refractivity contribution is 0.0712. The molecule has 0 aliphatic heterocycles. The molecule has 0 atom stereocenters. The molecule has 4 rings (SSSR count). The summed E-state index contributed by atoms with van der Waals surface area (Å²) >= 11 is 12.4. The van der Waals surface area contributed by atoms with Crippen LogP contribution < -0.4 is 20.7 Å². The number of aromatic nitrogens is 3. The van der Waals surface area contributed by atoms with Crippen molar-refractivity contribution in [2.75, 3.05) is 0 Å². The van der Waals surface area contributed by atoms with Gasteiger partial charge in [0.25, 0.3) is 12.0 Å². The third-order valence-electron chi connectivity index (χ3n) is 5.16. The molecule has 0 unspecified atom stereocenters. The molecule has 1 aliphatic carbocycles. The number of rotatable bonds is 7. The summed E-state index contributed by atoms with van der Waals surface area (Å²) in [4.78, 5) is 24.8. The van der Waals surface area contributed by atoms with Gasteiger partial charge in [0.1, 0.15) is 16.4 Å². The summed E-state index contributed by atoms with van der Waals surface area (Å²) in [7, 11) is -4.17. The standard InChI is InChI=1S/C20H16Cl2F2N4O7S/c21-12-5-9(28-20(32)25-19(31)16(26-28)18(23)24)6-13(22)17(12)35-11-1-2-14(30)15(7-11)36(33,34)27-8-3-10(29)4-8/h1-2,5-8,10,18,27,29-30H,3-4H2,(H,25,31,32)/t8-,10+. The first kappa shape index (κ1) is 26.0. The van der Waals surface area contributed by atoms with E-state index in [0.29, 0.717) is 4.68 Å². The van der Waals surface area contributed by atoms with Gasteiger partial charge in [-0.05, 0) is 37.1 Å². The quantitative estimate of drug-likeness (QED) is 0.340. The van der Waals surface area contributed by atoms with Crippen molar-refractivity contribution in [1.82, 2.24) is 19.5 Å². The summed E-state index contributed by atoms with van der Waals surface area (Å²) < 4.78 is 59.8. The van der Waals surface area contributed by atoms with Crippen molar-refractivity contribution in [1.29, 1.82) is 0 Å². The third kappa shape index (κ3) is 5.22. The number of hydrogen-bond acceptors (Lipinski definition) is 8. The van der Waals surface area contributed by atoms with Crippen LogP contribution in [-0.4, -0.2) is 45.5 Å². The van der Waals surface area contributed by atoms with Crippen LogP contribution in [0, 0.1) is 0 Å². The number of alkyl halides is 2. The molecule has 1 fully saturated rings. The topological polar surface area (TPSA) is 164 Å². The Balaban J connectivity index is 1.66. The number of aliphatic hydroxyl groups is 1. The summed E-state index contributed by atoms with van der Waals surface area (Å²) in [6, 6.07) is 5.06. The molecule has 1 aromatic heterocycles. The number of ether oxygens (including phenoxy) is 1. The van der Waals surface area contributed by atoms with Crippen molar-refractivity contribution in [2.45, 2.75) is 36.3 Å². The number of aromatic amines is 1. The summed E-state index contributed by atoms with van der Waals surface area (Å²) in [6.07, 6.45) is -3.38. The largest absolute Gasteiger partial charge is 0.507 e. The second kappa shape index (κ2) is 9.78. The first-order valence-corrected chi connectivity index (χ1v) is 12.3. The lowest BCUT2D eigenvalue weighted by Crippen LogP contribution is -2.46. The number of nitrogens with one attached hydrogen (secondary N) is 2. The number of sulfonamides is 1. The minimum Gasteiger partial charge on any atom is -0.507 e. The summed E-state index contributed by atoms with van der Waals surface area (Å²) in [5.74, 6) is -0.823. The zero-order valence-corrected chi connectivity index (χ0v) is 20.1. The van der Waals surface area contributed by atoms with E-state index in [-0.39, 0.29) is 40.1 Å². The van der Waals surface area contributed by atoms with Crippen LogP contribution >= 0.6 is 23.2 Å². The maximum atomic E-state index is 13.0. The van der Waals surface area contributed by atoms with Crippen molar-refractivity contribution in [3.63, 3.8) is 0 Å². The van der Waals surface area contributed by atoms with Gasteiger partial charge in [0.15, 0.2) is 11.4 Å². The smallest absolute Gasteiger partial charge is 0.349 e. The molecule has 3 aromatic rings. The van der Waals surface area contributed by atoms with Crippen LogP contribution in [0.25, 0.3) is 5.69 Å². The molecular formula is C20H16Cl2F2N4O7S. The van der Waals surface area contributed by atoms with Crippen LogP contribution in [0.1, 0.15) is 25.0 Å². The fourth-order valence-electron chi connectivity index (χ4n) is 3.35. The molecule has 4 N–H and O–H groups in total. The number of phenols is 1. The minimum atomic E-state index is -4.17. The molecular weight excluding hydrogens is 549 g/mol. The first-order chi connectivity index (χ1) is 16.9. The van der Waals surface area contributed by atoms with E-state index >= 15 is 0 Å². The molecule has 0 radical (unpaired) electrons. The predicted octanol–water partition coefficient (Wildman–Crippen LogP) is 2.46. The highest BCUT2D eigenvalue weighted by molar-refractivity contribution is 7.89. The second-order valence-electron chi connectivity index (χ2n) is 7.77. The first-order valence-electron chi connectivity index (χ1n) is 10.1. The van der Waals surface area contributed by atoms with Crippen LogP contribution in [0.2, 0.25) is 10.0 Å². The molecule has 16 heteroatoms.